The van der Waals surface area contributed by atoms with E-state index in [9.17, 15) is 14.4 Å². The minimum absolute atomic E-state index is 0. The van der Waals surface area contributed by atoms with Gasteiger partial charge in [0.25, 0.3) is 0 Å². The number of carbonyl (C=O) groups excluding carboxylic acids is 1. The van der Waals surface area contributed by atoms with Crippen LogP contribution in [0.5, 0.6) is 0 Å². The van der Waals surface area contributed by atoms with Gasteiger partial charge in [-0.05, 0) is 74.1 Å². The van der Waals surface area contributed by atoms with Crippen LogP contribution in [0.4, 0.5) is 10.5 Å². The molecule has 8 nitrogen and oxygen atoms in total. The van der Waals surface area contributed by atoms with Crippen molar-refractivity contribution in [3.05, 3.63) is 29.3 Å². The number of rotatable bonds is 8. The van der Waals surface area contributed by atoms with Gasteiger partial charge >= 0.3 is 18.0 Å². The molecule has 2 aliphatic heterocycles. The third-order valence-corrected chi connectivity index (χ3v) is 7.60. The predicted molar refractivity (Wildman–Crippen MR) is 132 cm³/mol. The van der Waals surface area contributed by atoms with Crippen molar-refractivity contribution in [3.8, 4) is 0 Å². The molecule has 0 spiro atoms. The summed E-state index contributed by atoms with van der Waals surface area (Å²) in [6.07, 6.45) is 6.83. The van der Waals surface area contributed by atoms with Crippen LogP contribution < -0.4 is 4.90 Å². The van der Waals surface area contributed by atoms with E-state index in [0.717, 1.165) is 70.3 Å². The summed E-state index contributed by atoms with van der Waals surface area (Å²) < 4.78 is 0. The Kier molecular flexibility index (Phi) is 9.19. The lowest BCUT2D eigenvalue weighted by molar-refractivity contribution is -0.138. The zero-order valence-corrected chi connectivity index (χ0v) is 20.5. The summed E-state index contributed by atoms with van der Waals surface area (Å²) in [5.74, 6) is -1.02. The van der Waals surface area contributed by atoms with Gasteiger partial charge in [-0.25, -0.2) is 4.79 Å². The van der Waals surface area contributed by atoms with Crippen molar-refractivity contribution < 1.29 is 24.6 Å². The van der Waals surface area contributed by atoms with Gasteiger partial charge in [0, 0.05) is 50.9 Å². The molecule has 1 aliphatic carbocycles. The minimum Gasteiger partial charge on any atom is -0.481 e. The standard InChI is InChI=1S/C25H35N3O5.ClH/c29-23(30)8-3-18-1-5-21(6-2-18)27-15-16-28(25(27)33)22-7-4-19-9-12-26(14-11-24(31)32)13-10-20(19)17-22;/h4,7,17-18,21H,1-3,5-6,8-16H2,(H,29,30)(H,31,32);1H. The van der Waals surface area contributed by atoms with Gasteiger partial charge in [-0.2, -0.15) is 0 Å². The van der Waals surface area contributed by atoms with Gasteiger partial charge in [-0.3, -0.25) is 14.5 Å². The Balaban J connectivity index is 0.00000324. The van der Waals surface area contributed by atoms with Crippen molar-refractivity contribution in [1.82, 2.24) is 9.80 Å². The number of carboxylic acid groups (broad SMARTS) is 2. The Hall–Kier alpha value is -2.32. The van der Waals surface area contributed by atoms with E-state index in [1.165, 1.54) is 11.1 Å². The molecule has 1 saturated heterocycles. The van der Waals surface area contributed by atoms with Gasteiger partial charge in [0.2, 0.25) is 0 Å². The van der Waals surface area contributed by atoms with Crippen LogP contribution in [0.15, 0.2) is 18.2 Å². The molecule has 188 valence electrons. The van der Waals surface area contributed by atoms with E-state index in [1.54, 1.807) is 0 Å². The zero-order chi connectivity index (χ0) is 23.4. The molecule has 2 N–H and O–H groups in total. The molecule has 4 rings (SSSR count). The molecule has 9 heteroatoms. The fourth-order valence-corrected chi connectivity index (χ4v) is 5.61. The number of benzene rings is 1. The van der Waals surface area contributed by atoms with Gasteiger partial charge < -0.3 is 20.0 Å². The summed E-state index contributed by atoms with van der Waals surface area (Å²) >= 11 is 0. The van der Waals surface area contributed by atoms with Crippen molar-refractivity contribution >= 4 is 36.1 Å². The number of anilines is 1. The van der Waals surface area contributed by atoms with Crippen molar-refractivity contribution in [2.24, 2.45) is 5.92 Å². The first-order valence-electron chi connectivity index (χ1n) is 12.3. The maximum Gasteiger partial charge on any atom is 0.324 e. The van der Waals surface area contributed by atoms with E-state index in [0.29, 0.717) is 19.0 Å². The van der Waals surface area contributed by atoms with Crippen molar-refractivity contribution in [2.45, 2.75) is 63.8 Å². The number of carbonyl (C=O) groups is 3. The second-order valence-corrected chi connectivity index (χ2v) is 9.67. The number of nitrogens with zero attached hydrogens (tertiary/aromatic N) is 3. The summed E-state index contributed by atoms with van der Waals surface area (Å²) in [5, 5.41) is 17.9. The third-order valence-electron chi connectivity index (χ3n) is 7.60. The molecule has 0 atom stereocenters. The summed E-state index contributed by atoms with van der Waals surface area (Å²) in [5.41, 5.74) is 3.51. The molecular weight excluding hydrogens is 458 g/mol. The Morgan fingerprint density at radius 2 is 1.56 bits per heavy atom. The normalized spacial score (nSPS) is 23.2. The molecule has 1 aromatic carbocycles. The van der Waals surface area contributed by atoms with Gasteiger partial charge in [-0.15, -0.1) is 12.4 Å². The molecule has 0 radical (unpaired) electrons. The number of carboxylic acids is 2. The lowest BCUT2D eigenvalue weighted by Gasteiger charge is -2.34. The smallest absolute Gasteiger partial charge is 0.324 e. The first kappa shape index (κ1) is 26.3. The maximum atomic E-state index is 13.2. The number of urea groups is 1. The van der Waals surface area contributed by atoms with Crippen LogP contribution in [0.2, 0.25) is 0 Å². The Labute approximate surface area is 207 Å². The Morgan fingerprint density at radius 1 is 0.882 bits per heavy atom. The van der Waals surface area contributed by atoms with Gasteiger partial charge in [0.1, 0.15) is 0 Å². The average molecular weight is 494 g/mol. The molecule has 1 saturated carbocycles. The van der Waals surface area contributed by atoms with E-state index in [-0.39, 0.29) is 37.3 Å². The molecule has 3 aliphatic rings. The lowest BCUT2D eigenvalue weighted by atomic mass is 9.83. The first-order chi connectivity index (χ1) is 15.9. The number of amides is 2. The average Bonchev–Trinajstić information content (AvgIpc) is 3.06. The van der Waals surface area contributed by atoms with E-state index in [2.05, 4.69) is 23.1 Å². The topological polar surface area (TPSA) is 101 Å². The highest BCUT2D eigenvalue weighted by Crippen LogP contribution is 2.33. The molecule has 1 aromatic rings. The molecule has 0 unspecified atom stereocenters. The molecule has 0 aromatic heterocycles. The number of fused-ring (bicyclic) bond motifs is 1. The number of halogens is 1. The Bertz CT molecular complexity index is 887. The van der Waals surface area contributed by atoms with Crippen LogP contribution in [0.25, 0.3) is 0 Å². The number of hydrogen-bond donors (Lipinski definition) is 2. The second-order valence-electron chi connectivity index (χ2n) is 9.67. The van der Waals surface area contributed by atoms with E-state index >= 15 is 0 Å². The molecule has 0 bridgehead atoms. The summed E-state index contributed by atoms with van der Waals surface area (Å²) in [6, 6.07) is 6.68. The molecule has 2 fully saturated rings. The van der Waals surface area contributed by atoms with Crippen LogP contribution >= 0.6 is 12.4 Å². The van der Waals surface area contributed by atoms with Gasteiger partial charge in [0.15, 0.2) is 0 Å². The maximum absolute atomic E-state index is 13.2. The van der Waals surface area contributed by atoms with Gasteiger partial charge in [0.05, 0.1) is 6.42 Å². The van der Waals surface area contributed by atoms with E-state index < -0.39 is 11.9 Å². The van der Waals surface area contributed by atoms with Crippen LogP contribution in [0.1, 0.15) is 56.1 Å². The van der Waals surface area contributed by atoms with Crippen LogP contribution in [-0.2, 0) is 22.4 Å². The summed E-state index contributed by atoms with van der Waals surface area (Å²) in [7, 11) is 0. The fourth-order valence-electron chi connectivity index (χ4n) is 5.61. The van der Waals surface area contributed by atoms with Crippen molar-refractivity contribution in [2.75, 3.05) is 37.6 Å². The fraction of sp³-hybridized carbons (Fsp3) is 0.640. The Morgan fingerprint density at radius 3 is 2.24 bits per heavy atom. The second kappa shape index (κ2) is 11.9. The predicted octanol–water partition coefficient (Wildman–Crippen LogP) is 3.65. The van der Waals surface area contributed by atoms with E-state index in [1.807, 2.05) is 9.80 Å². The summed E-state index contributed by atoms with van der Waals surface area (Å²) in [6.45, 7) is 3.72. The van der Waals surface area contributed by atoms with Crippen LogP contribution in [0.3, 0.4) is 0 Å². The molecular formula is C25H36ClN3O5. The molecule has 2 amide bonds. The largest absolute Gasteiger partial charge is 0.481 e. The van der Waals surface area contributed by atoms with Crippen molar-refractivity contribution in [3.63, 3.8) is 0 Å². The first-order valence-corrected chi connectivity index (χ1v) is 12.3. The third kappa shape index (κ3) is 6.42. The zero-order valence-electron chi connectivity index (χ0n) is 19.7. The van der Waals surface area contributed by atoms with E-state index in [4.69, 9.17) is 10.2 Å². The lowest BCUT2D eigenvalue weighted by Crippen LogP contribution is -2.41. The SMILES string of the molecule is Cl.O=C(O)CCC1CCC(N2CCN(c3ccc4c(c3)CCN(CCC(=O)O)CC4)C2=O)CC1. The number of aliphatic carboxylic acids is 2. The van der Waals surface area contributed by atoms with Crippen LogP contribution in [0, 0.1) is 5.92 Å². The molecule has 34 heavy (non-hydrogen) atoms. The van der Waals surface area contributed by atoms with Gasteiger partial charge in [-0.1, -0.05) is 6.07 Å². The van der Waals surface area contributed by atoms with Crippen molar-refractivity contribution in [1.29, 1.82) is 0 Å². The highest BCUT2D eigenvalue weighted by atomic mass is 35.5. The molecule has 2 heterocycles. The minimum atomic E-state index is -0.759. The van der Waals surface area contributed by atoms with Crippen LogP contribution in [-0.4, -0.2) is 76.7 Å². The monoisotopic (exact) mass is 493 g/mol. The highest BCUT2D eigenvalue weighted by molar-refractivity contribution is 5.94. The number of hydrogen-bond acceptors (Lipinski definition) is 4. The highest BCUT2D eigenvalue weighted by Gasteiger charge is 2.36. The quantitative estimate of drug-likeness (QED) is 0.573. The summed E-state index contributed by atoms with van der Waals surface area (Å²) in [4.78, 5) is 41.1.